The molecule has 1 aromatic heterocycles. The van der Waals surface area contributed by atoms with E-state index in [9.17, 15) is 4.79 Å². The summed E-state index contributed by atoms with van der Waals surface area (Å²) in [4.78, 5) is 17.2. The van der Waals surface area contributed by atoms with Gasteiger partial charge in [0.05, 0.1) is 5.69 Å². The van der Waals surface area contributed by atoms with Crippen LogP contribution in [-0.4, -0.2) is 31.0 Å². The molecule has 1 heterocycles. The summed E-state index contributed by atoms with van der Waals surface area (Å²) >= 11 is 7.27. The van der Waals surface area contributed by atoms with Crippen LogP contribution in [0.15, 0.2) is 24.3 Å². The molecule has 0 atom stereocenters. The molecule has 0 aliphatic rings. The lowest BCUT2D eigenvalue weighted by atomic mass is 10.2. The summed E-state index contributed by atoms with van der Waals surface area (Å²) < 4.78 is 0. The van der Waals surface area contributed by atoms with Gasteiger partial charge in [0.2, 0.25) is 0 Å². The molecule has 1 aromatic carbocycles. The molecule has 1 amide bonds. The molecule has 0 aliphatic carbocycles. The van der Waals surface area contributed by atoms with Crippen molar-refractivity contribution in [3.05, 3.63) is 39.9 Å². The van der Waals surface area contributed by atoms with Crippen LogP contribution in [0, 0.1) is 6.92 Å². The van der Waals surface area contributed by atoms with Gasteiger partial charge in [-0.2, -0.15) is 0 Å². The van der Waals surface area contributed by atoms with Crippen molar-refractivity contribution in [2.24, 2.45) is 0 Å². The Labute approximate surface area is 127 Å². The zero-order chi connectivity index (χ0) is 14.5. The molecule has 0 saturated carbocycles. The Hall–Kier alpha value is -1.43. The topological polar surface area (TPSA) is 54.0 Å². The van der Waals surface area contributed by atoms with Crippen molar-refractivity contribution in [2.75, 3.05) is 20.1 Å². The van der Waals surface area contributed by atoms with Crippen molar-refractivity contribution < 1.29 is 4.79 Å². The van der Waals surface area contributed by atoms with E-state index in [1.807, 2.05) is 38.2 Å². The number of hydrogen-bond acceptors (Lipinski definition) is 4. The van der Waals surface area contributed by atoms with Crippen molar-refractivity contribution in [3.8, 4) is 10.6 Å². The highest BCUT2D eigenvalue weighted by Crippen LogP contribution is 2.28. The maximum absolute atomic E-state index is 12.0. The van der Waals surface area contributed by atoms with Crippen molar-refractivity contribution in [3.63, 3.8) is 0 Å². The number of carbonyl (C=O) groups is 1. The van der Waals surface area contributed by atoms with Crippen LogP contribution in [0.5, 0.6) is 0 Å². The zero-order valence-electron chi connectivity index (χ0n) is 11.4. The molecule has 4 nitrogen and oxygen atoms in total. The van der Waals surface area contributed by atoms with E-state index in [0.717, 1.165) is 22.8 Å². The number of carbonyl (C=O) groups excluding carboxylic acids is 1. The molecule has 0 radical (unpaired) electrons. The number of likely N-dealkylation sites (N-methyl/N-ethyl adjacent to an activating group) is 1. The number of nitrogens with one attached hydrogen (secondary N) is 2. The molecule has 2 rings (SSSR count). The van der Waals surface area contributed by atoms with Gasteiger partial charge in [-0.1, -0.05) is 23.7 Å². The fourth-order valence-corrected chi connectivity index (χ4v) is 2.82. The van der Waals surface area contributed by atoms with E-state index in [4.69, 9.17) is 11.6 Å². The van der Waals surface area contributed by atoms with Crippen LogP contribution in [0.2, 0.25) is 5.02 Å². The normalized spacial score (nSPS) is 10.6. The number of amides is 1. The second kappa shape index (κ2) is 6.83. The first-order chi connectivity index (χ1) is 9.61. The SMILES string of the molecule is CNCCNC(=O)c1sc(-c2ccc(Cl)cc2)nc1C. The van der Waals surface area contributed by atoms with Crippen LogP contribution in [0.1, 0.15) is 15.4 Å². The van der Waals surface area contributed by atoms with Gasteiger partial charge in [-0.05, 0) is 26.1 Å². The molecule has 106 valence electrons. The maximum Gasteiger partial charge on any atom is 0.263 e. The second-order valence-corrected chi connectivity index (χ2v) is 5.74. The molecular weight excluding hydrogens is 294 g/mol. The minimum absolute atomic E-state index is 0.0736. The van der Waals surface area contributed by atoms with Gasteiger partial charge in [-0.3, -0.25) is 4.79 Å². The van der Waals surface area contributed by atoms with E-state index in [1.165, 1.54) is 11.3 Å². The predicted molar refractivity (Wildman–Crippen MR) is 83.6 cm³/mol. The molecule has 2 N–H and O–H groups in total. The quantitative estimate of drug-likeness (QED) is 0.835. The molecule has 6 heteroatoms. The van der Waals surface area contributed by atoms with Crippen LogP contribution < -0.4 is 10.6 Å². The van der Waals surface area contributed by atoms with Gasteiger partial charge < -0.3 is 10.6 Å². The molecular formula is C14H16ClN3OS. The first-order valence-corrected chi connectivity index (χ1v) is 7.47. The largest absolute Gasteiger partial charge is 0.350 e. The van der Waals surface area contributed by atoms with Crippen LogP contribution >= 0.6 is 22.9 Å². The summed E-state index contributed by atoms with van der Waals surface area (Å²) in [5.74, 6) is -0.0736. The first-order valence-electron chi connectivity index (χ1n) is 6.28. The van der Waals surface area contributed by atoms with Crippen molar-refractivity contribution in [1.29, 1.82) is 0 Å². The number of benzene rings is 1. The minimum Gasteiger partial charge on any atom is -0.350 e. The Bertz CT molecular complexity index is 595. The van der Waals surface area contributed by atoms with E-state index >= 15 is 0 Å². The lowest BCUT2D eigenvalue weighted by Gasteiger charge is -2.02. The van der Waals surface area contributed by atoms with Gasteiger partial charge in [-0.15, -0.1) is 11.3 Å². The third-order valence-electron chi connectivity index (χ3n) is 2.75. The van der Waals surface area contributed by atoms with E-state index in [-0.39, 0.29) is 5.91 Å². The molecule has 0 saturated heterocycles. The van der Waals surface area contributed by atoms with Gasteiger partial charge in [0.25, 0.3) is 5.91 Å². The first kappa shape index (κ1) is 15.0. The lowest BCUT2D eigenvalue weighted by molar-refractivity contribution is 0.0957. The summed E-state index contributed by atoms with van der Waals surface area (Å²) in [6.45, 7) is 3.19. The Morgan fingerprint density at radius 3 is 2.65 bits per heavy atom. The molecule has 20 heavy (non-hydrogen) atoms. The number of aromatic nitrogens is 1. The fraction of sp³-hybridized carbons (Fsp3) is 0.286. The standard InChI is InChI=1S/C14H16ClN3OS/c1-9-12(13(19)17-8-7-16-2)20-14(18-9)10-3-5-11(15)6-4-10/h3-6,16H,7-8H2,1-2H3,(H,17,19). The molecule has 2 aromatic rings. The van der Waals surface area contributed by atoms with E-state index in [1.54, 1.807) is 0 Å². The lowest BCUT2D eigenvalue weighted by Crippen LogP contribution is -2.30. The highest BCUT2D eigenvalue weighted by molar-refractivity contribution is 7.17. The molecule has 0 bridgehead atoms. The van der Waals surface area contributed by atoms with Gasteiger partial charge in [0, 0.05) is 23.7 Å². The van der Waals surface area contributed by atoms with Crippen LogP contribution in [-0.2, 0) is 0 Å². The van der Waals surface area contributed by atoms with Gasteiger partial charge in [0.15, 0.2) is 0 Å². The average molecular weight is 310 g/mol. The number of aryl methyl sites for hydroxylation is 1. The zero-order valence-corrected chi connectivity index (χ0v) is 12.9. The van der Waals surface area contributed by atoms with Gasteiger partial charge >= 0.3 is 0 Å². The van der Waals surface area contributed by atoms with Crippen molar-refractivity contribution in [2.45, 2.75) is 6.92 Å². The Balaban J connectivity index is 2.16. The number of hydrogen-bond donors (Lipinski definition) is 2. The Morgan fingerprint density at radius 2 is 2.00 bits per heavy atom. The highest BCUT2D eigenvalue weighted by Gasteiger charge is 2.15. The van der Waals surface area contributed by atoms with Crippen molar-refractivity contribution >= 4 is 28.8 Å². The summed E-state index contributed by atoms with van der Waals surface area (Å²) in [6.07, 6.45) is 0. The summed E-state index contributed by atoms with van der Waals surface area (Å²) in [7, 11) is 1.85. The molecule has 0 spiro atoms. The second-order valence-electron chi connectivity index (χ2n) is 4.30. The molecule has 0 aliphatic heterocycles. The number of rotatable bonds is 5. The fourth-order valence-electron chi connectivity index (χ4n) is 1.70. The summed E-state index contributed by atoms with van der Waals surface area (Å²) in [5, 5.41) is 7.37. The van der Waals surface area contributed by atoms with Gasteiger partial charge in [-0.25, -0.2) is 4.98 Å². The third kappa shape index (κ3) is 3.56. The van der Waals surface area contributed by atoms with Crippen LogP contribution in [0.25, 0.3) is 10.6 Å². The third-order valence-corrected chi connectivity index (χ3v) is 4.21. The monoisotopic (exact) mass is 309 g/mol. The predicted octanol–water partition coefficient (Wildman–Crippen LogP) is 2.72. The van der Waals surface area contributed by atoms with E-state index < -0.39 is 0 Å². The van der Waals surface area contributed by atoms with Crippen LogP contribution in [0.3, 0.4) is 0 Å². The molecule has 0 fully saturated rings. The number of nitrogens with zero attached hydrogens (tertiary/aromatic N) is 1. The highest BCUT2D eigenvalue weighted by atomic mass is 35.5. The van der Waals surface area contributed by atoms with Crippen molar-refractivity contribution in [1.82, 2.24) is 15.6 Å². The summed E-state index contributed by atoms with van der Waals surface area (Å²) in [5.41, 5.74) is 1.72. The summed E-state index contributed by atoms with van der Waals surface area (Å²) in [6, 6.07) is 7.45. The Morgan fingerprint density at radius 1 is 1.30 bits per heavy atom. The van der Waals surface area contributed by atoms with E-state index in [2.05, 4.69) is 15.6 Å². The maximum atomic E-state index is 12.0. The smallest absolute Gasteiger partial charge is 0.263 e. The van der Waals surface area contributed by atoms with Crippen LogP contribution in [0.4, 0.5) is 0 Å². The minimum atomic E-state index is -0.0736. The number of thiazole rings is 1. The average Bonchev–Trinajstić information content (AvgIpc) is 2.82. The van der Waals surface area contributed by atoms with Gasteiger partial charge in [0.1, 0.15) is 9.88 Å². The molecule has 0 unspecified atom stereocenters. The van der Waals surface area contributed by atoms with E-state index in [0.29, 0.717) is 16.4 Å². The number of halogens is 1. The Kier molecular flexibility index (Phi) is 5.11.